The van der Waals surface area contributed by atoms with Crippen LogP contribution in [0.2, 0.25) is 5.02 Å². The molecular weight excluding hydrogens is 444 g/mol. The third kappa shape index (κ3) is 3.30. The first-order chi connectivity index (χ1) is 15.8. The fourth-order valence-corrected chi connectivity index (χ4v) is 6.72. The molecule has 0 radical (unpaired) electrons. The molecule has 0 unspecified atom stereocenters. The average Bonchev–Trinajstić information content (AvgIpc) is 3.15. The Morgan fingerprint density at radius 1 is 1.12 bits per heavy atom. The largest absolute Gasteiger partial charge is 0.453 e. The second-order valence-corrected chi connectivity index (χ2v) is 10.4. The minimum atomic E-state index is -1.35. The Morgan fingerprint density at radius 2 is 1.82 bits per heavy atom. The predicted molar refractivity (Wildman–Crippen MR) is 122 cm³/mol. The number of aryl methyl sites for hydroxylation is 1. The summed E-state index contributed by atoms with van der Waals surface area (Å²) in [5, 5.41) is 0.456. The van der Waals surface area contributed by atoms with Crippen LogP contribution in [0.5, 0.6) is 0 Å². The fraction of sp³-hybridized carbons (Fsp3) is 0.600. The number of rotatable bonds is 4. The van der Waals surface area contributed by atoms with Crippen LogP contribution in [-0.2, 0) is 23.9 Å². The molecule has 4 fully saturated rings. The zero-order valence-corrected chi connectivity index (χ0v) is 19.8. The summed E-state index contributed by atoms with van der Waals surface area (Å²) in [7, 11) is 0. The molecule has 3 aliphatic heterocycles. The second-order valence-electron chi connectivity index (χ2n) is 9.94. The molecule has 4 aliphatic rings. The Bertz CT molecular complexity index is 1030. The van der Waals surface area contributed by atoms with Crippen molar-refractivity contribution >= 4 is 40.9 Å². The van der Waals surface area contributed by atoms with Crippen molar-refractivity contribution in [2.45, 2.75) is 88.9 Å². The molecule has 1 spiro atoms. The van der Waals surface area contributed by atoms with Gasteiger partial charge in [-0.05, 0) is 44.4 Å². The SMILES string of the molecule is CC(=O)C[C@@H]1N(C2CCCCCC2)C(=O)[C@H]2N(c3cc(Cl)ccc3C)C(=O)[C@@H]3CC(=O)O[C@@]132. The lowest BCUT2D eigenvalue weighted by atomic mass is 9.79. The number of ether oxygens (including phenoxy) is 1. The van der Waals surface area contributed by atoms with E-state index in [1.165, 1.54) is 11.8 Å². The maximum Gasteiger partial charge on any atom is 0.307 e. The summed E-state index contributed by atoms with van der Waals surface area (Å²) in [5.74, 6) is -1.90. The Hall–Kier alpha value is -2.41. The van der Waals surface area contributed by atoms with Gasteiger partial charge >= 0.3 is 5.97 Å². The number of likely N-dealkylation sites (tertiary alicyclic amines) is 1. The molecule has 5 rings (SSSR count). The third-order valence-electron chi connectivity index (χ3n) is 7.90. The molecule has 0 aromatic heterocycles. The van der Waals surface area contributed by atoms with Gasteiger partial charge in [-0.25, -0.2) is 0 Å². The molecule has 0 bridgehead atoms. The number of carbonyl (C=O) groups excluding carboxylic acids is 4. The van der Waals surface area contributed by atoms with E-state index in [1.54, 1.807) is 12.1 Å². The van der Waals surface area contributed by atoms with Gasteiger partial charge in [0, 0.05) is 23.2 Å². The van der Waals surface area contributed by atoms with Gasteiger partial charge in [0.25, 0.3) is 5.91 Å². The van der Waals surface area contributed by atoms with Gasteiger partial charge in [0.15, 0.2) is 11.6 Å². The van der Waals surface area contributed by atoms with Crippen LogP contribution >= 0.6 is 11.6 Å². The van der Waals surface area contributed by atoms with Crippen molar-refractivity contribution in [1.82, 2.24) is 4.90 Å². The number of hydrogen-bond acceptors (Lipinski definition) is 5. The van der Waals surface area contributed by atoms with E-state index < -0.39 is 29.6 Å². The Labute approximate surface area is 198 Å². The van der Waals surface area contributed by atoms with Crippen LogP contribution in [0.25, 0.3) is 0 Å². The molecular formula is C25H29ClN2O5. The standard InChI is InChI=1S/C25H29ClN2O5/c1-14-9-10-16(26)12-19(14)28-22-24(32)27(17-7-5-3-4-6-8-17)20(11-15(2)29)25(22)18(23(28)31)13-21(30)33-25/h9-10,12,17-18,20,22H,3-8,11,13H2,1-2H3/t18-,20-,22+,25+/m0/s1. The Morgan fingerprint density at radius 3 is 2.48 bits per heavy atom. The molecule has 176 valence electrons. The maximum absolute atomic E-state index is 14.2. The molecule has 1 aromatic rings. The van der Waals surface area contributed by atoms with Gasteiger partial charge in [0.2, 0.25) is 5.91 Å². The summed E-state index contributed by atoms with van der Waals surface area (Å²) in [6.45, 7) is 3.35. The van der Waals surface area contributed by atoms with Crippen molar-refractivity contribution in [2.75, 3.05) is 4.90 Å². The maximum atomic E-state index is 14.2. The van der Waals surface area contributed by atoms with E-state index >= 15 is 0 Å². The number of halogens is 1. The number of benzene rings is 1. The van der Waals surface area contributed by atoms with Crippen LogP contribution in [0, 0.1) is 12.8 Å². The van der Waals surface area contributed by atoms with Gasteiger partial charge in [-0.15, -0.1) is 0 Å². The van der Waals surface area contributed by atoms with Gasteiger partial charge in [-0.1, -0.05) is 43.4 Å². The summed E-state index contributed by atoms with van der Waals surface area (Å²) < 4.78 is 5.98. The Balaban J connectivity index is 1.67. The number of hydrogen-bond donors (Lipinski definition) is 0. The van der Waals surface area contributed by atoms with Crippen LogP contribution in [0.1, 0.15) is 63.9 Å². The zero-order valence-electron chi connectivity index (χ0n) is 19.0. The lowest BCUT2D eigenvalue weighted by Crippen LogP contribution is -2.54. The smallest absolute Gasteiger partial charge is 0.307 e. The minimum absolute atomic E-state index is 0.0262. The molecule has 2 amide bonds. The van der Waals surface area contributed by atoms with Gasteiger partial charge in [0.05, 0.1) is 18.4 Å². The highest BCUT2D eigenvalue weighted by molar-refractivity contribution is 6.31. The minimum Gasteiger partial charge on any atom is -0.453 e. The van der Waals surface area contributed by atoms with Crippen molar-refractivity contribution in [2.24, 2.45) is 5.92 Å². The first kappa shape index (κ1) is 22.4. The van der Waals surface area contributed by atoms with E-state index in [4.69, 9.17) is 16.3 Å². The molecule has 8 heteroatoms. The number of nitrogens with zero attached hydrogens (tertiary/aromatic N) is 2. The van der Waals surface area contributed by atoms with Crippen LogP contribution < -0.4 is 4.90 Å². The summed E-state index contributed by atoms with van der Waals surface area (Å²) in [6.07, 6.45) is 5.96. The summed E-state index contributed by atoms with van der Waals surface area (Å²) in [4.78, 5) is 56.1. The van der Waals surface area contributed by atoms with Crippen LogP contribution in [0.15, 0.2) is 18.2 Å². The van der Waals surface area contributed by atoms with E-state index in [0.29, 0.717) is 10.7 Å². The van der Waals surface area contributed by atoms with Gasteiger partial charge in [0.1, 0.15) is 5.78 Å². The molecule has 7 nitrogen and oxygen atoms in total. The highest BCUT2D eigenvalue weighted by atomic mass is 35.5. The fourth-order valence-electron chi connectivity index (χ4n) is 6.56. The number of carbonyl (C=O) groups is 4. The molecule has 1 aliphatic carbocycles. The first-order valence-electron chi connectivity index (χ1n) is 11.9. The van der Waals surface area contributed by atoms with Crippen LogP contribution in [-0.4, -0.2) is 52.2 Å². The summed E-state index contributed by atoms with van der Waals surface area (Å²) in [6, 6.07) is 3.60. The van der Waals surface area contributed by atoms with E-state index in [0.717, 1.165) is 44.1 Å². The molecule has 1 aromatic carbocycles. The lowest BCUT2D eigenvalue weighted by Gasteiger charge is -2.38. The molecule has 1 saturated carbocycles. The summed E-state index contributed by atoms with van der Waals surface area (Å²) in [5.41, 5.74) is 0.0100. The normalized spacial score (nSPS) is 32.1. The van der Waals surface area contributed by atoms with E-state index in [2.05, 4.69) is 0 Å². The molecule has 3 heterocycles. The van der Waals surface area contributed by atoms with Gasteiger partial charge < -0.3 is 9.64 Å². The van der Waals surface area contributed by atoms with E-state index in [-0.39, 0.29) is 36.5 Å². The average molecular weight is 473 g/mol. The quantitative estimate of drug-likeness (QED) is 0.494. The van der Waals surface area contributed by atoms with Crippen LogP contribution in [0.3, 0.4) is 0 Å². The zero-order chi connectivity index (χ0) is 23.5. The third-order valence-corrected chi connectivity index (χ3v) is 8.14. The van der Waals surface area contributed by atoms with Crippen molar-refractivity contribution in [1.29, 1.82) is 0 Å². The number of Topliss-reactive ketones (excluding diaryl/α,β-unsaturated/α-hetero) is 1. The highest BCUT2D eigenvalue weighted by Gasteiger charge is 2.77. The molecule has 33 heavy (non-hydrogen) atoms. The first-order valence-corrected chi connectivity index (χ1v) is 12.3. The van der Waals surface area contributed by atoms with Crippen molar-refractivity contribution < 1.29 is 23.9 Å². The number of anilines is 1. The Kier molecular flexibility index (Phi) is 5.51. The monoisotopic (exact) mass is 472 g/mol. The van der Waals surface area contributed by atoms with Crippen molar-refractivity contribution in [3.8, 4) is 0 Å². The number of esters is 1. The molecule has 3 saturated heterocycles. The molecule has 0 N–H and O–H groups in total. The predicted octanol–water partition coefficient (Wildman–Crippen LogP) is 3.58. The van der Waals surface area contributed by atoms with E-state index in [1.807, 2.05) is 17.9 Å². The highest BCUT2D eigenvalue weighted by Crippen LogP contribution is 2.56. The van der Waals surface area contributed by atoms with Crippen molar-refractivity contribution in [3.05, 3.63) is 28.8 Å². The molecule has 4 atom stereocenters. The number of amides is 2. The van der Waals surface area contributed by atoms with Gasteiger partial charge in [-0.3, -0.25) is 24.1 Å². The number of ketones is 1. The second kappa shape index (κ2) is 8.12. The lowest BCUT2D eigenvalue weighted by molar-refractivity contribution is -0.153. The summed E-state index contributed by atoms with van der Waals surface area (Å²) >= 11 is 6.27. The van der Waals surface area contributed by atoms with Crippen molar-refractivity contribution in [3.63, 3.8) is 0 Å². The van der Waals surface area contributed by atoms with Crippen LogP contribution in [0.4, 0.5) is 5.69 Å². The topological polar surface area (TPSA) is 84.0 Å². The van der Waals surface area contributed by atoms with E-state index in [9.17, 15) is 19.2 Å². The van der Waals surface area contributed by atoms with Gasteiger partial charge in [-0.2, -0.15) is 0 Å².